The van der Waals surface area contributed by atoms with E-state index in [1.54, 1.807) is 0 Å². The second-order valence-electron chi connectivity index (χ2n) is 12.5. The van der Waals surface area contributed by atoms with Crippen molar-refractivity contribution in [1.82, 2.24) is 9.38 Å². The maximum absolute atomic E-state index is 5.31. The standard InChI is InChI=1S/C32H34N2/c1-30(2,3)28-27(20-13-9-8-10-14-20)21-15-11-12-16-22(21)29-33-25-17-23-24(18-26(25)34(28)29)32(6,7)19-31(23,4)5/h8-18H,19H2,1-7H3. The first kappa shape index (κ1) is 21.4. The van der Waals surface area contributed by atoms with Crippen molar-refractivity contribution < 1.29 is 0 Å². The van der Waals surface area contributed by atoms with Gasteiger partial charge in [-0.1, -0.05) is 103 Å². The van der Waals surface area contributed by atoms with Gasteiger partial charge < -0.3 is 0 Å². The average molecular weight is 447 g/mol. The monoisotopic (exact) mass is 446 g/mol. The topological polar surface area (TPSA) is 17.3 Å². The minimum Gasteiger partial charge on any atom is -0.295 e. The smallest absolute Gasteiger partial charge is 0.146 e. The van der Waals surface area contributed by atoms with Crippen LogP contribution >= 0.6 is 0 Å². The van der Waals surface area contributed by atoms with E-state index in [1.807, 2.05) is 0 Å². The fraction of sp³-hybridized carbons (Fsp3) is 0.344. The van der Waals surface area contributed by atoms with Crippen molar-refractivity contribution in [1.29, 1.82) is 0 Å². The van der Waals surface area contributed by atoms with E-state index >= 15 is 0 Å². The van der Waals surface area contributed by atoms with Crippen LogP contribution in [0.15, 0.2) is 66.7 Å². The fourth-order valence-corrected chi connectivity index (χ4v) is 6.69. The highest BCUT2D eigenvalue weighted by Gasteiger charge is 2.42. The molecule has 0 saturated carbocycles. The molecule has 2 nitrogen and oxygen atoms in total. The van der Waals surface area contributed by atoms with Gasteiger partial charge in [0, 0.05) is 22.1 Å². The number of nitrogens with zero attached hydrogens (tertiary/aromatic N) is 2. The van der Waals surface area contributed by atoms with Gasteiger partial charge in [0.1, 0.15) is 5.65 Å². The molecule has 0 saturated heterocycles. The van der Waals surface area contributed by atoms with Crippen molar-refractivity contribution in [2.45, 2.75) is 71.1 Å². The Morgan fingerprint density at radius 1 is 0.765 bits per heavy atom. The number of benzene rings is 3. The second kappa shape index (κ2) is 6.72. The van der Waals surface area contributed by atoms with Gasteiger partial charge in [0.25, 0.3) is 0 Å². The molecule has 3 aromatic carbocycles. The van der Waals surface area contributed by atoms with Crippen molar-refractivity contribution in [3.8, 4) is 11.1 Å². The lowest BCUT2D eigenvalue weighted by molar-refractivity contribution is 0.403. The number of pyridine rings is 1. The van der Waals surface area contributed by atoms with E-state index < -0.39 is 0 Å². The normalized spacial score (nSPS) is 17.0. The Balaban J connectivity index is 1.87. The third kappa shape index (κ3) is 2.90. The Morgan fingerprint density at radius 2 is 1.35 bits per heavy atom. The van der Waals surface area contributed by atoms with Crippen molar-refractivity contribution in [2.75, 3.05) is 0 Å². The predicted molar refractivity (Wildman–Crippen MR) is 145 cm³/mol. The summed E-state index contributed by atoms with van der Waals surface area (Å²) in [5.74, 6) is 0. The lowest BCUT2D eigenvalue weighted by atomic mass is 9.82. The van der Waals surface area contributed by atoms with Gasteiger partial charge in [0.05, 0.1) is 11.0 Å². The molecule has 0 unspecified atom stereocenters. The average Bonchev–Trinajstić information content (AvgIpc) is 3.23. The van der Waals surface area contributed by atoms with Crippen LogP contribution in [-0.4, -0.2) is 9.38 Å². The van der Waals surface area contributed by atoms with Crippen LogP contribution in [0.4, 0.5) is 0 Å². The molecule has 0 atom stereocenters. The zero-order valence-electron chi connectivity index (χ0n) is 21.5. The fourth-order valence-electron chi connectivity index (χ4n) is 6.69. The minimum absolute atomic E-state index is 0.0745. The first-order valence-electron chi connectivity index (χ1n) is 12.5. The van der Waals surface area contributed by atoms with E-state index in [-0.39, 0.29) is 16.2 Å². The molecular weight excluding hydrogens is 412 g/mol. The Bertz CT molecular complexity index is 1590. The van der Waals surface area contributed by atoms with Gasteiger partial charge in [0.15, 0.2) is 0 Å². The van der Waals surface area contributed by atoms with Crippen LogP contribution in [0.2, 0.25) is 0 Å². The third-order valence-corrected chi connectivity index (χ3v) is 7.81. The summed E-state index contributed by atoms with van der Waals surface area (Å²) in [6.07, 6.45) is 1.16. The summed E-state index contributed by atoms with van der Waals surface area (Å²) >= 11 is 0. The largest absolute Gasteiger partial charge is 0.295 e. The molecule has 0 amide bonds. The number of rotatable bonds is 1. The first-order chi connectivity index (χ1) is 16.0. The van der Waals surface area contributed by atoms with Crippen LogP contribution in [0.5, 0.6) is 0 Å². The molecule has 0 fully saturated rings. The number of fused-ring (bicyclic) bond motifs is 6. The third-order valence-electron chi connectivity index (χ3n) is 7.81. The number of hydrogen-bond donors (Lipinski definition) is 0. The number of aromatic nitrogens is 2. The highest BCUT2D eigenvalue weighted by Crippen LogP contribution is 2.51. The molecule has 172 valence electrons. The maximum atomic E-state index is 5.31. The summed E-state index contributed by atoms with van der Waals surface area (Å²) in [6.45, 7) is 16.5. The molecular formula is C32H34N2. The number of imidazole rings is 1. The molecule has 34 heavy (non-hydrogen) atoms. The molecule has 2 heteroatoms. The van der Waals surface area contributed by atoms with Gasteiger partial charge in [-0.25, -0.2) is 4.98 Å². The van der Waals surface area contributed by atoms with Crippen molar-refractivity contribution in [3.05, 3.63) is 83.6 Å². The van der Waals surface area contributed by atoms with E-state index in [1.165, 1.54) is 44.2 Å². The van der Waals surface area contributed by atoms with Gasteiger partial charge >= 0.3 is 0 Å². The Kier molecular flexibility index (Phi) is 4.23. The predicted octanol–water partition coefficient (Wildman–Crippen LogP) is 8.56. The molecule has 1 aliphatic carbocycles. The highest BCUT2D eigenvalue weighted by atomic mass is 15.0. The molecule has 0 spiro atoms. The SMILES string of the molecule is CC(C)(C)c1c(-c2ccccc2)c2ccccc2c2nc3cc4c(cc3n12)C(C)(C)CC4(C)C. The van der Waals surface area contributed by atoms with Crippen molar-refractivity contribution in [3.63, 3.8) is 0 Å². The van der Waals surface area contributed by atoms with Crippen LogP contribution in [0.3, 0.4) is 0 Å². The second-order valence-corrected chi connectivity index (χ2v) is 12.5. The Morgan fingerprint density at radius 3 is 2.00 bits per heavy atom. The van der Waals surface area contributed by atoms with Gasteiger partial charge in [-0.3, -0.25) is 4.40 Å². The molecule has 5 aromatic rings. The Hall–Kier alpha value is -3.13. The van der Waals surface area contributed by atoms with Gasteiger partial charge in [-0.2, -0.15) is 0 Å². The summed E-state index contributed by atoms with van der Waals surface area (Å²) in [5.41, 5.74) is 10.5. The van der Waals surface area contributed by atoms with Gasteiger partial charge in [-0.05, 0) is 51.5 Å². The summed E-state index contributed by atoms with van der Waals surface area (Å²) in [4.78, 5) is 5.31. The molecule has 6 rings (SSSR count). The maximum Gasteiger partial charge on any atom is 0.146 e. The van der Waals surface area contributed by atoms with Crippen LogP contribution in [-0.2, 0) is 16.2 Å². The van der Waals surface area contributed by atoms with Crippen LogP contribution in [0, 0.1) is 0 Å². The lowest BCUT2D eigenvalue weighted by Crippen LogP contribution is -2.19. The summed E-state index contributed by atoms with van der Waals surface area (Å²) < 4.78 is 2.47. The summed E-state index contributed by atoms with van der Waals surface area (Å²) in [6, 6.07) is 24.5. The van der Waals surface area contributed by atoms with Crippen LogP contribution < -0.4 is 0 Å². The van der Waals surface area contributed by atoms with Crippen LogP contribution in [0.1, 0.15) is 71.7 Å². The van der Waals surface area contributed by atoms with E-state index in [4.69, 9.17) is 4.98 Å². The first-order valence-corrected chi connectivity index (χ1v) is 12.5. The molecule has 0 radical (unpaired) electrons. The van der Waals surface area contributed by atoms with E-state index in [9.17, 15) is 0 Å². The molecule has 0 aliphatic heterocycles. The lowest BCUT2D eigenvalue weighted by Gasteiger charge is -2.27. The van der Waals surface area contributed by atoms with Crippen molar-refractivity contribution >= 4 is 27.5 Å². The highest BCUT2D eigenvalue weighted by molar-refractivity contribution is 6.07. The van der Waals surface area contributed by atoms with E-state index in [0.29, 0.717) is 0 Å². The van der Waals surface area contributed by atoms with Gasteiger partial charge in [0.2, 0.25) is 0 Å². The molecule has 0 bridgehead atoms. The summed E-state index contributed by atoms with van der Waals surface area (Å²) in [5, 5.41) is 2.49. The van der Waals surface area contributed by atoms with Crippen LogP contribution in [0.25, 0.3) is 38.6 Å². The van der Waals surface area contributed by atoms with E-state index in [0.717, 1.165) is 17.6 Å². The molecule has 2 aromatic heterocycles. The zero-order valence-corrected chi connectivity index (χ0v) is 21.5. The summed E-state index contributed by atoms with van der Waals surface area (Å²) in [7, 11) is 0. The Labute approximate surface area is 202 Å². The van der Waals surface area contributed by atoms with E-state index in [2.05, 4.69) is 120 Å². The zero-order chi connectivity index (χ0) is 24.0. The quantitative estimate of drug-likeness (QED) is 0.252. The van der Waals surface area contributed by atoms with Crippen molar-refractivity contribution in [2.24, 2.45) is 0 Å². The molecule has 2 heterocycles. The molecule has 1 aliphatic rings. The minimum atomic E-state index is -0.0745. The number of hydrogen-bond acceptors (Lipinski definition) is 1. The molecule has 0 N–H and O–H groups in total. The van der Waals surface area contributed by atoms with Gasteiger partial charge in [-0.15, -0.1) is 0 Å².